The van der Waals surface area contributed by atoms with E-state index < -0.39 is 0 Å². The zero-order valence-corrected chi connectivity index (χ0v) is 8.52. The van der Waals surface area contributed by atoms with Crippen LogP contribution in [0.1, 0.15) is 17.9 Å². The Morgan fingerprint density at radius 3 is 2.80 bits per heavy atom. The molecule has 0 aliphatic carbocycles. The molecule has 78 valence electrons. The molecule has 0 bridgehead atoms. The second-order valence-electron chi connectivity index (χ2n) is 4.34. The van der Waals surface area contributed by atoms with Crippen molar-refractivity contribution in [3.8, 4) is 0 Å². The van der Waals surface area contributed by atoms with Crippen LogP contribution < -0.4 is 5.32 Å². The number of hydrogen-bond acceptors (Lipinski definition) is 1. The number of hydrogen-bond donors (Lipinski definition) is 1. The van der Waals surface area contributed by atoms with Gasteiger partial charge in [-0.1, -0.05) is 30.3 Å². The van der Waals surface area contributed by atoms with Gasteiger partial charge < -0.3 is 10.2 Å². The Labute approximate surface area is 89.1 Å². The van der Waals surface area contributed by atoms with Crippen molar-refractivity contribution >= 4 is 6.03 Å². The minimum absolute atomic E-state index is 0.110. The molecule has 3 heteroatoms. The highest BCUT2D eigenvalue weighted by molar-refractivity contribution is 5.77. The summed E-state index contributed by atoms with van der Waals surface area (Å²) in [6.07, 6.45) is 1.10. The first-order chi connectivity index (χ1) is 7.34. The zero-order valence-electron chi connectivity index (χ0n) is 8.52. The quantitative estimate of drug-likeness (QED) is 0.736. The first-order valence-corrected chi connectivity index (χ1v) is 5.44. The summed E-state index contributed by atoms with van der Waals surface area (Å²) in [6.45, 7) is 1.70. The molecule has 0 radical (unpaired) electrons. The van der Waals surface area contributed by atoms with E-state index in [0.717, 1.165) is 19.5 Å². The third-order valence-corrected chi connectivity index (χ3v) is 3.44. The van der Waals surface area contributed by atoms with E-state index >= 15 is 0 Å². The van der Waals surface area contributed by atoms with E-state index in [1.54, 1.807) is 0 Å². The number of benzene rings is 1. The number of fused-ring (bicyclic) bond motifs is 1. The summed E-state index contributed by atoms with van der Waals surface area (Å²) < 4.78 is 0. The molecule has 2 amide bonds. The number of rotatable bonds is 1. The number of carbonyl (C=O) groups excluding carboxylic acids is 1. The Morgan fingerprint density at radius 2 is 2.07 bits per heavy atom. The molecule has 3 nitrogen and oxygen atoms in total. The summed E-state index contributed by atoms with van der Waals surface area (Å²) in [4.78, 5) is 13.4. The van der Waals surface area contributed by atoms with Gasteiger partial charge in [0.2, 0.25) is 0 Å². The molecule has 2 aliphatic heterocycles. The molecule has 1 aromatic rings. The first-order valence-electron chi connectivity index (χ1n) is 5.44. The maximum Gasteiger partial charge on any atom is 0.317 e. The number of nitrogens with one attached hydrogen (secondary N) is 1. The molecule has 3 rings (SSSR count). The molecule has 15 heavy (non-hydrogen) atoms. The summed E-state index contributed by atoms with van der Waals surface area (Å²) in [5.41, 5.74) is 1.36. The highest BCUT2D eigenvalue weighted by Crippen LogP contribution is 2.33. The Hall–Kier alpha value is -1.51. The molecular formula is C12H14N2O. The summed E-state index contributed by atoms with van der Waals surface area (Å²) in [7, 11) is 0. The van der Waals surface area contributed by atoms with Gasteiger partial charge in [0.05, 0.1) is 6.04 Å². The van der Waals surface area contributed by atoms with Gasteiger partial charge in [0.25, 0.3) is 0 Å². The Morgan fingerprint density at radius 1 is 1.27 bits per heavy atom. The van der Waals surface area contributed by atoms with Gasteiger partial charge >= 0.3 is 6.03 Å². The van der Waals surface area contributed by atoms with Crippen molar-refractivity contribution in [2.45, 2.75) is 18.4 Å². The van der Waals surface area contributed by atoms with Gasteiger partial charge in [-0.15, -0.1) is 0 Å². The topological polar surface area (TPSA) is 32.3 Å². The average Bonchev–Trinajstić information content (AvgIpc) is 2.83. The Balaban J connectivity index is 1.80. The molecule has 0 aromatic heterocycles. The summed E-state index contributed by atoms with van der Waals surface area (Å²) in [5, 5.41) is 2.88. The van der Waals surface area contributed by atoms with Crippen LogP contribution in [-0.2, 0) is 0 Å². The van der Waals surface area contributed by atoms with E-state index in [4.69, 9.17) is 0 Å². The molecule has 1 aromatic carbocycles. The lowest BCUT2D eigenvalue weighted by Crippen LogP contribution is -2.29. The van der Waals surface area contributed by atoms with Crippen LogP contribution in [0.4, 0.5) is 4.79 Å². The molecule has 2 heterocycles. The lowest BCUT2D eigenvalue weighted by Gasteiger charge is -2.12. The molecular weight excluding hydrogens is 188 g/mol. The van der Waals surface area contributed by atoms with Crippen LogP contribution in [0.15, 0.2) is 30.3 Å². The number of urea groups is 1. The number of amides is 2. The minimum Gasteiger partial charge on any atom is -0.336 e. The van der Waals surface area contributed by atoms with Crippen LogP contribution in [0, 0.1) is 0 Å². The van der Waals surface area contributed by atoms with Crippen LogP contribution >= 0.6 is 0 Å². The monoisotopic (exact) mass is 202 g/mol. The second kappa shape index (κ2) is 3.26. The lowest BCUT2D eigenvalue weighted by atomic mass is 9.96. The Kier molecular flexibility index (Phi) is 1.91. The van der Waals surface area contributed by atoms with Crippen molar-refractivity contribution < 1.29 is 4.79 Å². The van der Waals surface area contributed by atoms with Crippen molar-refractivity contribution in [1.82, 2.24) is 10.2 Å². The standard InChI is InChI=1S/C12H14N2O/c15-12-13-7-11-6-10(8-14(11)12)9-4-2-1-3-5-9/h1-5,10-11H,6-8H2,(H,13,15). The van der Waals surface area contributed by atoms with Crippen LogP contribution in [0.3, 0.4) is 0 Å². The molecule has 2 aliphatic rings. The van der Waals surface area contributed by atoms with Gasteiger partial charge in [0.1, 0.15) is 0 Å². The molecule has 2 fully saturated rings. The van der Waals surface area contributed by atoms with E-state index in [-0.39, 0.29) is 6.03 Å². The first kappa shape index (κ1) is 8.77. The van der Waals surface area contributed by atoms with Gasteiger partial charge in [-0.05, 0) is 12.0 Å². The van der Waals surface area contributed by atoms with Crippen LogP contribution in [-0.4, -0.2) is 30.1 Å². The van der Waals surface area contributed by atoms with E-state index in [2.05, 4.69) is 29.6 Å². The third-order valence-electron chi connectivity index (χ3n) is 3.44. The molecule has 2 saturated heterocycles. The fourth-order valence-corrected chi connectivity index (χ4v) is 2.63. The number of nitrogens with zero attached hydrogens (tertiary/aromatic N) is 1. The van der Waals surface area contributed by atoms with Gasteiger partial charge in [-0.2, -0.15) is 0 Å². The van der Waals surface area contributed by atoms with Crippen molar-refractivity contribution in [2.24, 2.45) is 0 Å². The maximum absolute atomic E-state index is 11.4. The summed E-state index contributed by atoms with van der Waals surface area (Å²) >= 11 is 0. The fraction of sp³-hybridized carbons (Fsp3) is 0.417. The summed E-state index contributed by atoms with van der Waals surface area (Å²) in [5.74, 6) is 0.530. The molecule has 2 unspecified atom stereocenters. The smallest absolute Gasteiger partial charge is 0.317 e. The average molecular weight is 202 g/mol. The van der Waals surface area contributed by atoms with E-state index in [0.29, 0.717) is 12.0 Å². The van der Waals surface area contributed by atoms with Gasteiger partial charge in [-0.25, -0.2) is 4.79 Å². The predicted molar refractivity (Wildman–Crippen MR) is 57.7 cm³/mol. The molecule has 1 N–H and O–H groups in total. The molecule has 0 spiro atoms. The third kappa shape index (κ3) is 1.39. The highest BCUT2D eigenvalue weighted by atomic mass is 16.2. The molecule has 0 saturated carbocycles. The Bertz CT molecular complexity index is 376. The van der Waals surface area contributed by atoms with E-state index in [9.17, 15) is 4.79 Å². The predicted octanol–water partition coefficient (Wildman–Crippen LogP) is 1.57. The number of carbonyl (C=O) groups is 1. The minimum atomic E-state index is 0.110. The zero-order chi connectivity index (χ0) is 10.3. The second-order valence-corrected chi connectivity index (χ2v) is 4.34. The van der Waals surface area contributed by atoms with Gasteiger partial charge in [-0.3, -0.25) is 0 Å². The highest BCUT2D eigenvalue weighted by Gasteiger charge is 2.39. The van der Waals surface area contributed by atoms with Crippen molar-refractivity contribution in [2.75, 3.05) is 13.1 Å². The lowest BCUT2D eigenvalue weighted by molar-refractivity contribution is 0.216. The van der Waals surface area contributed by atoms with Crippen LogP contribution in [0.2, 0.25) is 0 Å². The normalized spacial score (nSPS) is 29.1. The maximum atomic E-state index is 11.4. The van der Waals surface area contributed by atoms with Gasteiger partial charge in [0.15, 0.2) is 0 Å². The largest absolute Gasteiger partial charge is 0.336 e. The fourth-order valence-electron chi connectivity index (χ4n) is 2.63. The van der Waals surface area contributed by atoms with E-state index in [1.165, 1.54) is 5.56 Å². The van der Waals surface area contributed by atoms with Crippen molar-refractivity contribution in [3.63, 3.8) is 0 Å². The van der Waals surface area contributed by atoms with Crippen LogP contribution in [0.5, 0.6) is 0 Å². The van der Waals surface area contributed by atoms with Crippen molar-refractivity contribution in [3.05, 3.63) is 35.9 Å². The van der Waals surface area contributed by atoms with E-state index in [1.807, 2.05) is 11.0 Å². The summed E-state index contributed by atoms with van der Waals surface area (Å²) in [6, 6.07) is 11.0. The van der Waals surface area contributed by atoms with Crippen LogP contribution in [0.25, 0.3) is 0 Å². The van der Waals surface area contributed by atoms with Crippen molar-refractivity contribution in [1.29, 1.82) is 0 Å². The molecule has 2 atom stereocenters. The van der Waals surface area contributed by atoms with Gasteiger partial charge in [0, 0.05) is 19.0 Å². The SMILES string of the molecule is O=C1NCC2CC(c3ccccc3)CN12.